The van der Waals surface area contributed by atoms with Gasteiger partial charge in [-0.1, -0.05) is 59.2 Å². The van der Waals surface area contributed by atoms with E-state index in [1.54, 1.807) is 0 Å². The normalized spacial score (nSPS) is 12.3. The molecular formula is C16H24O3. The summed E-state index contributed by atoms with van der Waals surface area (Å²) in [5, 5.41) is 8.75. The molecule has 1 aromatic carbocycles. The van der Waals surface area contributed by atoms with Gasteiger partial charge >= 0.3 is 5.97 Å². The Balaban J connectivity index is 3.15. The summed E-state index contributed by atoms with van der Waals surface area (Å²) in [5.74, 6) is -0.293. The number of carboxylic acids is 1. The fourth-order valence-corrected chi connectivity index (χ4v) is 2.05. The van der Waals surface area contributed by atoms with Crippen LogP contribution in [0.4, 0.5) is 0 Å². The summed E-state index contributed by atoms with van der Waals surface area (Å²) < 4.78 is 5.43. The predicted molar refractivity (Wildman–Crippen MR) is 76.7 cm³/mol. The zero-order chi connectivity index (χ0) is 14.7. The molecule has 106 valence electrons. The Morgan fingerprint density at radius 3 is 2.32 bits per heavy atom. The van der Waals surface area contributed by atoms with E-state index in [0.717, 1.165) is 12.0 Å². The molecule has 3 nitrogen and oxygen atoms in total. The van der Waals surface area contributed by atoms with Crippen molar-refractivity contribution in [1.29, 1.82) is 0 Å². The van der Waals surface area contributed by atoms with Gasteiger partial charge in [0, 0.05) is 5.56 Å². The van der Waals surface area contributed by atoms with E-state index >= 15 is 0 Å². The zero-order valence-corrected chi connectivity index (χ0v) is 12.5. The topological polar surface area (TPSA) is 46.5 Å². The zero-order valence-electron chi connectivity index (χ0n) is 12.5. The number of aliphatic carboxylic acids is 1. The second-order valence-corrected chi connectivity index (χ2v) is 6.04. The van der Waals surface area contributed by atoms with Gasteiger partial charge in [-0.3, -0.25) is 0 Å². The van der Waals surface area contributed by atoms with Crippen LogP contribution in [0, 0.1) is 5.41 Å². The molecule has 0 bridgehead atoms. The molecule has 3 heteroatoms. The van der Waals surface area contributed by atoms with E-state index in [1.165, 1.54) is 0 Å². The lowest BCUT2D eigenvalue weighted by Gasteiger charge is -2.42. The van der Waals surface area contributed by atoms with Crippen molar-refractivity contribution in [3.8, 4) is 5.75 Å². The quantitative estimate of drug-likeness (QED) is 0.848. The van der Waals surface area contributed by atoms with Crippen LogP contribution in [0.2, 0.25) is 0 Å². The molecule has 1 aromatic rings. The summed E-state index contributed by atoms with van der Waals surface area (Å²) in [5.41, 5.74) is 1.05. The summed E-state index contributed by atoms with van der Waals surface area (Å²) in [4.78, 5) is 10.7. The average molecular weight is 264 g/mol. The Morgan fingerprint density at radius 1 is 1.21 bits per heavy atom. The monoisotopic (exact) mass is 264 g/mol. The molecule has 1 N–H and O–H groups in total. The first-order valence-electron chi connectivity index (χ1n) is 6.66. The van der Waals surface area contributed by atoms with Gasteiger partial charge in [0.05, 0.1) is 0 Å². The van der Waals surface area contributed by atoms with Crippen LogP contribution in [-0.2, 0) is 10.2 Å². The second-order valence-electron chi connectivity index (χ2n) is 6.04. The Bertz CT molecular complexity index is 447. The molecule has 0 spiro atoms. The fraction of sp³-hybridized carbons (Fsp3) is 0.562. The highest BCUT2D eigenvalue weighted by atomic mass is 16.5. The molecule has 0 saturated carbocycles. The van der Waals surface area contributed by atoms with E-state index in [9.17, 15) is 4.79 Å². The molecule has 0 saturated heterocycles. The molecular weight excluding hydrogens is 240 g/mol. The van der Waals surface area contributed by atoms with Crippen LogP contribution < -0.4 is 4.74 Å². The van der Waals surface area contributed by atoms with Gasteiger partial charge in [-0.15, -0.1) is 0 Å². The molecule has 0 atom stereocenters. The first-order chi connectivity index (χ1) is 8.72. The van der Waals surface area contributed by atoms with Crippen LogP contribution in [0.25, 0.3) is 0 Å². The third-order valence-electron chi connectivity index (χ3n) is 4.49. The number of carbonyl (C=O) groups is 1. The molecule has 0 heterocycles. The van der Waals surface area contributed by atoms with Crippen LogP contribution in [-0.4, -0.2) is 17.7 Å². The van der Waals surface area contributed by atoms with Crippen molar-refractivity contribution in [2.45, 2.75) is 46.5 Å². The molecule has 0 aliphatic rings. The van der Waals surface area contributed by atoms with Crippen LogP contribution >= 0.6 is 0 Å². The third-order valence-corrected chi connectivity index (χ3v) is 4.49. The third kappa shape index (κ3) is 3.28. The Labute approximate surface area is 115 Å². The minimum absolute atomic E-state index is 0.0929. The van der Waals surface area contributed by atoms with Gasteiger partial charge in [-0.25, -0.2) is 4.79 Å². The highest BCUT2D eigenvalue weighted by Gasteiger charge is 2.38. The smallest absolute Gasteiger partial charge is 0.341 e. The van der Waals surface area contributed by atoms with Crippen molar-refractivity contribution in [3.63, 3.8) is 0 Å². The lowest BCUT2D eigenvalue weighted by Crippen LogP contribution is -2.36. The molecule has 0 radical (unpaired) electrons. The van der Waals surface area contributed by atoms with Gasteiger partial charge in [0.1, 0.15) is 5.75 Å². The van der Waals surface area contributed by atoms with Crippen LogP contribution in [0.15, 0.2) is 24.3 Å². The number of ether oxygens (including phenoxy) is 1. The SMILES string of the molecule is CCC(C)(C)C(C)(C)c1ccccc1OCC(=O)O. The maximum Gasteiger partial charge on any atom is 0.341 e. The highest BCUT2D eigenvalue weighted by Crippen LogP contribution is 2.46. The molecule has 0 fully saturated rings. The molecule has 0 aromatic heterocycles. The summed E-state index contributed by atoms with van der Waals surface area (Å²) in [6, 6.07) is 7.70. The van der Waals surface area contributed by atoms with Gasteiger partial charge in [0.25, 0.3) is 0 Å². The van der Waals surface area contributed by atoms with Crippen molar-refractivity contribution < 1.29 is 14.6 Å². The number of benzene rings is 1. The van der Waals surface area contributed by atoms with E-state index in [2.05, 4.69) is 34.6 Å². The number of hydrogen-bond acceptors (Lipinski definition) is 2. The molecule has 1 rings (SSSR count). The largest absolute Gasteiger partial charge is 0.482 e. The van der Waals surface area contributed by atoms with E-state index in [1.807, 2.05) is 24.3 Å². The summed E-state index contributed by atoms with van der Waals surface area (Å²) in [7, 11) is 0. The van der Waals surface area contributed by atoms with E-state index in [0.29, 0.717) is 5.75 Å². The predicted octanol–water partition coefficient (Wildman–Crippen LogP) is 3.86. The van der Waals surface area contributed by atoms with E-state index in [4.69, 9.17) is 9.84 Å². The Kier molecular flexibility index (Phi) is 4.61. The van der Waals surface area contributed by atoms with Crippen LogP contribution in [0.1, 0.15) is 46.6 Å². The molecule has 0 unspecified atom stereocenters. The fourth-order valence-electron chi connectivity index (χ4n) is 2.05. The van der Waals surface area contributed by atoms with E-state index in [-0.39, 0.29) is 17.4 Å². The van der Waals surface area contributed by atoms with Gasteiger partial charge in [0.15, 0.2) is 6.61 Å². The molecule has 0 aliphatic heterocycles. The first kappa shape index (κ1) is 15.5. The lowest BCUT2D eigenvalue weighted by molar-refractivity contribution is -0.139. The number of para-hydroxylation sites is 1. The van der Waals surface area contributed by atoms with Crippen molar-refractivity contribution >= 4 is 5.97 Å². The highest BCUT2D eigenvalue weighted by molar-refractivity contribution is 5.68. The molecule has 0 aliphatic carbocycles. The number of hydrogen-bond donors (Lipinski definition) is 1. The maximum absolute atomic E-state index is 10.7. The molecule has 0 amide bonds. The number of rotatable bonds is 6. The van der Waals surface area contributed by atoms with Crippen molar-refractivity contribution in [2.24, 2.45) is 5.41 Å². The Morgan fingerprint density at radius 2 is 1.79 bits per heavy atom. The van der Waals surface area contributed by atoms with Crippen LogP contribution in [0.5, 0.6) is 5.75 Å². The van der Waals surface area contributed by atoms with Crippen LogP contribution in [0.3, 0.4) is 0 Å². The van der Waals surface area contributed by atoms with Crippen molar-refractivity contribution in [2.75, 3.05) is 6.61 Å². The summed E-state index contributed by atoms with van der Waals surface area (Å²) in [6.45, 7) is 10.7. The van der Waals surface area contributed by atoms with Gasteiger partial charge < -0.3 is 9.84 Å². The standard InChI is InChI=1S/C16H24O3/c1-6-15(2,3)16(4,5)12-9-7-8-10-13(12)19-11-14(17)18/h7-10H,6,11H2,1-5H3,(H,17,18). The van der Waals surface area contributed by atoms with Gasteiger partial charge in [0.2, 0.25) is 0 Å². The first-order valence-corrected chi connectivity index (χ1v) is 6.66. The maximum atomic E-state index is 10.7. The van der Waals surface area contributed by atoms with Gasteiger partial charge in [-0.2, -0.15) is 0 Å². The molecule has 19 heavy (non-hydrogen) atoms. The Hall–Kier alpha value is -1.51. The van der Waals surface area contributed by atoms with Crippen molar-refractivity contribution in [1.82, 2.24) is 0 Å². The summed E-state index contributed by atoms with van der Waals surface area (Å²) in [6.07, 6.45) is 1.03. The minimum atomic E-state index is -0.956. The minimum Gasteiger partial charge on any atom is -0.482 e. The summed E-state index contributed by atoms with van der Waals surface area (Å²) >= 11 is 0. The van der Waals surface area contributed by atoms with Crippen molar-refractivity contribution in [3.05, 3.63) is 29.8 Å². The van der Waals surface area contributed by atoms with E-state index < -0.39 is 5.97 Å². The average Bonchev–Trinajstić information content (AvgIpc) is 2.36. The lowest BCUT2D eigenvalue weighted by atomic mass is 9.63. The second kappa shape index (κ2) is 5.64. The number of carboxylic acid groups (broad SMARTS) is 1. The van der Waals surface area contributed by atoms with Gasteiger partial charge in [-0.05, 0) is 16.9 Å².